The molecular weight excluding hydrogens is 396 g/mol. The normalized spacial score (nSPS) is 11.1. The maximum atomic E-state index is 13.1. The highest BCUT2D eigenvalue weighted by molar-refractivity contribution is 6.31. The zero-order valence-corrected chi connectivity index (χ0v) is 18.2. The highest BCUT2D eigenvalue weighted by atomic mass is 35.5. The van der Waals surface area contributed by atoms with Crippen molar-refractivity contribution in [1.82, 2.24) is 14.8 Å². The maximum Gasteiger partial charge on any atom is 0.256 e. The van der Waals surface area contributed by atoms with Crippen LogP contribution >= 0.6 is 11.6 Å². The van der Waals surface area contributed by atoms with Crippen molar-refractivity contribution in [2.45, 2.75) is 34.1 Å². The Morgan fingerprint density at radius 1 is 1.07 bits per heavy atom. The minimum Gasteiger partial charge on any atom is -0.322 e. The van der Waals surface area contributed by atoms with Gasteiger partial charge in [0.05, 0.1) is 22.3 Å². The molecular formula is C24H23ClN4O. The van der Waals surface area contributed by atoms with E-state index in [9.17, 15) is 4.79 Å². The summed E-state index contributed by atoms with van der Waals surface area (Å²) in [5, 5.41) is 8.99. The molecule has 0 aliphatic heterocycles. The van der Waals surface area contributed by atoms with Crippen molar-refractivity contribution in [2.75, 3.05) is 5.32 Å². The van der Waals surface area contributed by atoms with Gasteiger partial charge in [-0.1, -0.05) is 36.7 Å². The minimum absolute atomic E-state index is 0.214. The van der Waals surface area contributed by atoms with Crippen molar-refractivity contribution >= 4 is 34.2 Å². The molecule has 0 spiro atoms. The Morgan fingerprint density at radius 2 is 1.80 bits per heavy atom. The molecule has 2 heterocycles. The Kier molecular flexibility index (Phi) is 5.31. The highest BCUT2D eigenvalue weighted by Crippen LogP contribution is 2.27. The predicted octanol–water partition coefficient (Wildman–Crippen LogP) is 5.81. The van der Waals surface area contributed by atoms with Gasteiger partial charge in [-0.15, -0.1) is 0 Å². The van der Waals surface area contributed by atoms with Crippen molar-refractivity contribution in [3.8, 4) is 5.69 Å². The van der Waals surface area contributed by atoms with Crippen LogP contribution in [0.4, 0.5) is 5.69 Å². The molecule has 0 atom stereocenters. The zero-order chi connectivity index (χ0) is 21.4. The summed E-state index contributed by atoms with van der Waals surface area (Å²) in [4.78, 5) is 17.8. The van der Waals surface area contributed by atoms with Gasteiger partial charge in [0.2, 0.25) is 0 Å². The third kappa shape index (κ3) is 3.68. The first-order chi connectivity index (χ1) is 14.4. The van der Waals surface area contributed by atoms with Crippen LogP contribution < -0.4 is 5.32 Å². The van der Waals surface area contributed by atoms with Crippen LogP contribution in [0.5, 0.6) is 0 Å². The molecule has 30 heavy (non-hydrogen) atoms. The van der Waals surface area contributed by atoms with E-state index in [4.69, 9.17) is 16.6 Å². The molecule has 6 heteroatoms. The second kappa shape index (κ2) is 7.92. The van der Waals surface area contributed by atoms with E-state index >= 15 is 0 Å². The molecule has 0 saturated heterocycles. The van der Waals surface area contributed by atoms with Gasteiger partial charge >= 0.3 is 0 Å². The lowest BCUT2D eigenvalue weighted by atomic mass is 10.1. The molecule has 0 unspecified atom stereocenters. The summed E-state index contributed by atoms with van der Waals surface area (Å²) in [7, 11) is 0. The van der Waals surface area contributed by atoms with Crippen LogP contribution in [0.15, 0.2) is 48.5 Å². The number of rotatable bonds is 4. The lowest BCUT2D eigenvalue weighted by Crippen LogP contribution is -2.13. The van der Waals surface area contributed by atoms with Crippen molar-refractivity contribution in [2.24, 2.45) is 0 Å². The van der Waals surface area contributed by atoms with E-state index in [1.807, 2.05) is 45.0 Å². The average molecular weight is 419 g/mol. The van der Waals surface area contributed by atoms with Gasteiger partial charge < -0.3 is 5.32 Å². The lowest BCUT2D eigenvalue weighted by Gasteiger charge is -2.09. The molecule has 0 bridgehead atoms. The molecule has 0 aliphatic rings. The Hall–Kier alpha value is -3.18. The molecule has 2 aromatic carbocycles. The minimum atomic E-state index is -0.214. The number of aromatic nitrogens is 3. The summed E-state index contributed by atoms with van der Waals surface area (Å²) in [6.07, 6.45) is 0.976. The second-order valence-corrected chi connectivity index (χ2v) is 7.85. The number of carbonyl (C=O) groups excluding carboxylic acids is 1. The predicted molar refractivity (Wildman–Crippen MR) is 122 cm³/mol. The number of nitrogens with one attached hydrogen (secondary N) is 1. The first kappa shape index (κ1) is 20.1. The summed E-state index contributed by atoms with van der Waals surface area (Å²) < 4.78 is 1.80. The van der Waals surface area contributed by atoms with E-state index in [-0.39, 0.29) is 5.91 Å². The van der Waals surface area contributed by atoms with Crippen LogP contribution in [0.3, 0.4) is 0 Å². The van der Waals surface area contributed by atoms with Crippen molar-refractivity contribution in [3.63, 3.8) is 0 Å². The fourth-order valence-corrected chi connectivity index (χ4v) is 3.70. The van der Waals surface area contributed by atoms with E-state index in [1.54, 1.807) is 16.8 Å². The van der Waals surface area contributed by atoms with E-state index < -0.39 is 0 Å². The number of anilines is 1. The number of halogens is 1. The third-order valence-corrected chi connectivity index (χ3v) is 5.61. The van der Waals surface area contributed by atoms with Gasteiger partial charge in [-0.25, -0.2) is 9.67 Å². The molecule has 0 aliphatic carbocycles. The van der Waals surface area contributed by atoms with E-state index in [0.29, 0.717) is 21.9 Å². The fourth-order valence-electron chi connectivity index (χ4n) is 3.52. The summed E-state index contributed by atoms with van der Waals surface area (Å²) in [5.41, 5.74) is 6.51. The highest BCUT2D eigenvalue weighted by Gasteiger charge is 2.20. The molecule has 0 radical (unpaired) electrons. The Morgan fingerprint density at radius 3 is 2.47 bits per heavy atom. The Labute approximate surface area is 180 Å². The summed E-state index contributed by atoms with van der Waals surface area (Å²) in [6.45, 7) is 7.83. The zero-order valence-electron chi connectivity index (χ0n) is 17.5. The molecule has 0 fully saturated rings. The maximum absolute atomic E-state index is 13.1. The lowest BCUT2D eigenvalue weighted by molar-refractivity contribution is 0.102. The van der Waals surface area contributed by atoms with Crippen LogP contribution in [0.1, 0.15) is 39.8 Å². The van der Waals surface area contributed by atoms with E-state index in [1.165, 1.54) is 5.56 Å². The van der Waals surface area contributed by atoms with Crippen molar-refractivity contribution in [1.29, 1.82) is 0 Å². The SMILES string of the molecule is CCc1ccc(-n2nc(C)c3c(C(=O)Nc4ccc(C)c(Cl)c4)cc(C)nc32)cc1. The van der Waals surface area contributed by atoms with E-state index in [2.05, 4.69) is 29.5 Å². The number of amides is 1. The molecule has 5 nitrogen and oxygen atoms in total. The average Bonchev–Trinajstić information content (AvgIpc) is 3.06. The smallest absolute Gasteiger partial charge is 0.256 e. The van der Waals surface area contributed by atoms with Crippen LogP contribution in [0, 0.1) is 20.8 Å². The van der Waals surface area contributed by atoms with E-state index in [0.717, 1.165) is 34.4 Å². The number of nitrogens with zero attached hydrogens (tertiary/aromatic N) is 3. The largest absolute Gasteiger partial charge is 0.322 e. The number of pyridine rings is 1. The number of benzene rings is 2. The van der Waals surface area contributed by atoms with Crippen LogP contribution in [-0.2, 0) is 6.42 Å². The third-order valence-electron chi connectivity index (χ3n) is 5.20. The van der Waals surface area contributed by atoms with Gasteiger partial charge in [-0.05, 0) is 68.7 Å². The van der Waals surface area contributed by atoms with Crippen molar-refractivity contribution < 1.29 is 4.79 Å². The van der Waals surface area contributed by atoms with Gasteiger partial charge in [0.1, 0.15) is 0 Å². The number of carbonyl (C=O) groups is 1. The molecule has 1 amide bonds. The number of fused-ring (bicyclic) bond motifs is 1. The number of aryl methyl sites for hydroxylation is 4. The monoisotopic (exact) mass is 418 g/mol. The van der Waals surface area contributed by atoms with Gasteiger partial charge in [0.15, 0.2) is 5.65 Å². The molecule has 2 aromatic heterocycles. The molecule has 152 valence electrons. The van der Waals surface area contributed by atoms with Gasteiger partial charge in [0, 0.05) is 16.4 Å². The topological polar surface area (TPSA) is 59.8 Å². The summed E-state index contributed by atoms with van der Waals surface area (Å²) in [5.74, 6) is -0.214. The van der Waals surface area contributed by atoms with Crippen LogP contribution in [-0.4, -0.2) is 20.7 Å². The Balaban J connectivity index is 1.79. The first-order valence-corrected chi connectivity index (χ1v) is 10.3. The fraction of sp³-hybridized carbons (Fsp3) is 0.208. The molecule has 0 saturated carbocycles. The van der Waals surface area contributed by atoms with Crippen LogP contribution in [0.2, 0.25) is 5.02 Å². The van der Waals surface area contributed by atoms with Gasteiger partial charge in [-0.2, -0.15) is 5.10 Å². The quantitative estimate of drug-likeness (QED) is 0.454. The van der Waals surface area contributed by atoms with Gasteiger partial charge in [0.25, 0.3) is 5.91 Å². The van der Waals surface area contributed by atoms with Crippen molar-refractivity contribution in [3.05, 3.63) is 81.6 Å². The molecule has 4 rings (SSSR count). The standard InChI is InChI=1S/C24H23ClN4O/c1-5-17-7-10-19(11-8-17)29-23-22(16(4)28-29)20(12-15(3)26-23)24(30)27-18-9-6-14(2)21(25)13-18/h6-13H,5H2,1-4H3,(H,27,30). The number of hydrogen-bond donors (Lipinski definition) is 1. The molecule has 4 aromatic rings. The first-order valence-electron chi connectivity index (χ1n) is 9.91. The summed E-state index contributed by atoms with van der Waals surface area (Å²) in [6, 6.07) is 15.5. The van der Waals surface area contributed by atoms with Crippen LogP contribution in [0.25, 0.3) is 16.7 Å². The second-order valence-electron chi connectivity index (χ2n) is 7.45. The van der Waals surface area contributed by atoms with Gasteiger partial charge in [-0.3, -0.25) is 4.79 Å². The summed E-state index contributed by atoms with van der Waals surface area (Å²) >= 11 is 6.21. The molecule has 1 N–H and O–H groups in total. The number of hydrogen-bond acceptors (Lipinski definition) is 3. The Bertz CT molecular complexity index is 1260.